The van der Waals surface area contributed by atoms with Gasteiger partial charge in [0.1, 0.15) is 0 Å². The summed E-state index contributed by atoms with van der Waals surface area (Å²) >= 11 is 0. The first-order valence-corrected chi connectivity index (χ1v) is 6.44. The summed E-state index contributed by atoms with van der Waals surface area (Å²) in [5.74, 6) is 0. The molecule has 0 spiro atoms. The highest BCUT2D eigenvalue weighted by Gasteiger charge is 2.31. The van der Waals surface area contributed by atoms with Crippen LogP contribution < -0.4 is 4.90 Å². The summed E-state index contributed by atoms with van der Waals surface area (Å²) in [6, 6.07) is 5.56. The quantitative estimate of drug-likeness (QED) is 0.833. The molecule has 1 aromatic carbocycles. The number of anilines is 1. The van der Waals surface area contributed by atoms with Gasteiger partial charge in [-0.2, -0.15) is 13.2 Å². The topological polar surface area (TPSA) is 6.48 Å². The standard InChI is InChI=1S/C14H18F3N2/c1-2-6-18-7-9-19(10-8-18)13-5-3-4-12(11-13)14(15,16)17/h3-5,11H,1-2,6-10H2. The van der Waals surface area contributed by atoms with Gasteiger partial charge >= 0.3 is 6.18 Å². The van der Waals surface area contributed by atoms with Crippen LogP contribution in [0.4, 0.5) is 18.9 Å². The average molecular weight is 271 g/mol. The van der Waals surface area contributed by atoms with Crippen LogP contribution in [0.15, 0.2) is 24.3 Å². The maximum absolute atomic E-state index is 12.7. The second kappa shape index (κ2) is 5.82. The van der Waals surface area contributed by atoms with Crippen LogP contribution in [0, 0.1) is 6.92 Å². The number of halogens is 3. The highest BCUT2D eigenvalue weighted by Crippen LogP contribution is 2.31. The van der Waals surface area contributed by atoms with Crippen molar-refractivity contribution in [3.8, 4) is 0 Å². The van der Waals surface area contributed by atoms with Gasteiger partial charge in [0.05, 0.1) is 5.56 Å². The minimum absolute atomic E-state index is 0.579. The smallest absolute Gasteiger partial charge is 0.369 e. The van der Waals surface area contributed by atoms with E-state index < -0.39 is 11.7 Å². The van der Waals surface area contributed by atoms with Gasteiger partial charge in [0, 0.05) is 31.9 Å². The Labute approximate surface area is 111 Å². The number of hydrogen-bond acceptors (Lipinski definition) is 2. The number of hydrogen-bond donors (Lipinski definition) is 0. The van der Waals surface area contributed by atoms with E-state index in [0.29, 0.717) is 5.69 Å². The lowest BCUT2D eigenvalue weighted by atomic mass is 10.1. The molecule has 0 atom stereocenters. The summed E-state index contributed by atoms with van der Waals surface area (Å²) in [4.78, 5) is 4.30. The molecule has 2 nitrogen and oxygen atoms in total. The van der Waals surface area contributed by atoms with E-state index in [9.17, 15) is 13.2 Å². The fourth-order valence-corrected chi connectivity index (χ4v) is 2.33. The number of piperazine rings is 1. The zero-order chi connectivity index (χ0) is 13.9. The Kier molecular flexibility index (Phi) is 4.34. The second-order valence-electron chi connectivity index (χ2n) is 4.73. The summed E-state index contributed by atoms with van der Waals surface area (Å²) in [5.41, 5.74) is 0.0780. The number of rotatable bonds is 3. The number of nitrogens with zero attached hydrogens (tertiary/aromatic N) is 2. The molecule has 0 unspecified atom stereocenters. The normalized spacial score (nSPS) is 17.8. The molecule has 0 N–H and O–H groups in total. The van der Waals surface area contributed by atoms with Gasteiger partial charge in [0.2, 0.25) is 0 Å². The molecule has 2 rings (SSSR count). The molecule has 1 fully saturated rings. The molecule has 0 aromatic heterocycles. The number of benzene rings is 1. The monoisotopic (exact) mass is 271 g/mol. The summed E-state index contributed by atoms with van der Waals surface area (Å²) in [6.45, 7) is 8.06. The first-order chi connectivity index (χ1) is 9.00. The van der Waals surface area contributed by atoms with E-state index in [0.717, 1.165) is 45.2 Å². The van der Waals surface area contributed by atoms with Crippen molar-refractivity contribution in [1.82, 2.24) is 4.90 Å². The Morgan fingerprint density at radius 3 is 2.37 bits per heavy atom. The molecule has 1 aliphatic rings. The molecular weight excluding hydrogens is 253 g/mol. The molecule has 5 heteroatoms. The van der Waals surface area contributed by atoms with Crippen LogP contribution in [0.2, 0.25) is 0 Å². The molecule has 1 heterocycles. The third kappa shape index (κ3) is 3.62. The van der Waals surface area contributed by atoms with Crippen molar-refractivity contribution in [3.05, 3.63) is 36.8 Å². The van der Waals surface area contributed by atoms with Crippen LogP contribution in [0.3, 0.4) is 0 Å². The molecular formula is C14H18F3N2. The highest BCUT2D eigenvalue weighted by molar-refractivity contribution is 5.49. The molecule has 1 aromatic rings. The van der Waals surface area contributed by atoms with Crippen molar-refractivity contribution in [1.29, 1.82) is 0 Å². The minimum Gasteiger partial charge on any atom is -0.369 e. The fraction of sp³-hybridized carbons (Fsp3) is 0.500. The third-order valence-corrected chi connectivity index (χ3v) is 3.39. The molecule has 1 aliphatic heterocycles. The minimum atomic E-state index is -4.27. The van der Waals surface area contributed by atoms with E-state index in [1.54, 1.807) is 6.07 Å². The van der Waals surface area contributed by atoms with Crippen molar-refractivity contribution < 1.29 is 13.2 Å². The van der Waals surface area contributed by atoms with Gasteiger partial charge in [-0.1, -0.05) is 13.0 Å². The van der Waals surface area contributed by atoms with E-state index in [2.05, 4.69) is 11.8 Å². The van der Waals surface area contributed by atoms with Gasteiger partial charge < -0.3 is 4.90 Å². The summed E-state index contributed by atoms with van der Waals surface area (Å²) < 4.78 is 38.0. The Balaban J connectivity index is 2.03. The van der Waals surface area contributed by atoms with Crippen LogP contribution in [0.25, 0.3) is 0 Å². The van der Waals surface area contributed by atoms with E-state index in [1.165, 1.54) is 12.1 Å². The second-order valence-corrected chi connectivity index (χ2v) is 4.73. The average Bonchev–Trinajstić information content (AvgIpc) is 2.39. The largest absolute Gasteiger partial charge is 0.416 e. The van der Waals surface area contributed by atoms with Crippen molar-refractivity contribution in [2.45, 2.75) is 12.6 Å². The van der Waals surface area contributed by atoms with Gasteiger partial charge in [-0.05, 0) is 31.2 Å². The lowest BCUT2D eigenvalue weighted by Crippen LogP contribution is -2.46. The molecule has 105 valence electrons. The summed E-state index contributed by atoms with van der Waals surface area (Å²) in [5, 5.41) is 0. The van der Waals surface area contributed by atoms with Crippen molar-refractivity contribution in [2.24, 2.45) is 0 Å². The van der Waals surface area contributed by atoms with Crippen LogP contribution in [-0.4, -0.2) is 37.6 Å². The van der Waals surface area contributed by atoms with Crippen molar-refractivity contribution >= 4 is 5.69 Å². The van der Waals surface area contributed by atoms with Gasteiger partial charge in [-0.15, -0.1) is 0 Å². The van der Waals surface area contributed by atoms with Crippen molar-refractivity contribution in [2.75, 3.05) is 37.6 Å². The molecule has 0 bridgehead atoms. The van der Waals surface area contributed by atoms with Gasteiger partial charge in [-0.3, -0.25) is 4.90 Å². The first kappa shape index (κ1) is 14.2. The predicted octanol–water partition coefficient (Wildman–Crippen LogP) is 3.05. The zero-order valence-electron chi connectivity index (χ0n) is 10.8. The van der Waals surface area contributed by atoms with Crippen LogP contribution in [-0.2, 0) is 6.18 Å². The van der Waals surface area contributed by atoms with E-state index in [1.807, 2.05) is 4.90 Å². The fourth-order valence-electron chi connectivity index (χ4n) is 2.33. The van der Waals surface area contributed by atoms with Crippen LogP contribution in [0.1, 0.15) is 12.0 Å². The van der Waals surface area contributed by atoms with E-state index in [4.69, 9.17) is 0 Å². The van der Waals surface area contributed by atoms with Crippen LogP contribution in [0.5, 0.6) is 0 Å². The highest BCUT2D eigenvalue weighted by atomic mass is 19.4. The first-order valence-electron chi connectivity index (χ1n) is 6.44. The maximum atomic E-state index is 12.7. The van der Waals surface area contributed by atoms with E-state index in [-0.39, 0.29) is 0 Å². The number of alkyl halides is 3. The lowest BCUT2D eigenvalue weighted by molar-refractivity contribution is -0.137. The Bertz CT molecular complexity index is 409. The SMILES string of the molecule is [CH2]CCN1CCN(c2cccc(C(F)(F)F)c2)CC1. The van der Waals surface area contributed by atoms with Gasteiger partial charge in [0.15, 0.2) is 0 Å². The van der Waals surface area contributed by atoms with Crippen molar-refractivity contribution in [3.63, 3.8) is 0 Å². The summed E-state index contributed by atoms with van der Waals surface area (Å²) in [7, 11) is 0. The molecule has 19 heavy (non-hydrogen) atoms. The molecule has 0 amide bonds. The summed E-state index contributed by atoms with van der Waals surface area (Å²) in [6.07, 6.45) is -3.41. The predicted molar refractivity (Wildman–Crippen MR) is 70.1 cm³/mol. The molecule has 1 radical (unpaired) electrons. The maximum Gasteiger partial charge on any atom is 0.416 e. The lowest BCUT2D eigenvalue weighted by Gasteiger charge is -2.36. The molecule has 0 saturated carbocycles. The zero-order valence-corrected chi connectivity index (χ0v) is 10.8. The Hall–Kier alpha value is -1.23. The molecule has 1 saturated heterocycles. The Morgan fingerprint density at radius 1 is 1.11 bits per heavy atom. The molecule has 0 aliphatic carbocycles. The van der Waals surface area contributed by atoms with Crippen LogP contribution >= 0.6 is 0 Å². The van der Waals surface area contributed by atoms with E-state index >= 15 is 0 Å². The van der Waals surface area contributed by atoms with Gasteiger partial charge in [-0.25, -0.2) is 0 Å². The Morgan fingerprint density at radius 2 is 1.79 bits per heavy atom. The van der Waals surface area contributed by atoms with Gasteiger partial charge in [0.25, 0.3) is 0 Å². The third-order valence-electron chi connectivity index (χ3n) is 3.39.